The van der Waals surface area contributed by atoms with Gasteiger partial charge in [-0.25, -0.2) is 17.2 Å². The Morgan fingerprint density at radius 2 is 2.00 bits per heavy atom. The fraction of sp³-hybridized carbons (Fsp3) is 0.462. The van der Waals surface area contributed by atoms with Gasteiger partial charge in [-0.2, -0.15) is 4.31 Å². The summed E-state index contributed by atoms with van der Waals surface area (Å²) in [5.41, 5.74) is 0.0551. The lowest BCUT2D eigenvalue weighted by molar-refractivity contribution is 0.101. The number of anilines is 1. The summed E-state index contributed by atoms with van der Waals surface area (Å²) < 4.78 is 52.6. The summed E-state index contributed by atoms with van der Waals surface area (Å²) in [5.74, 6) is -0.666. The minimum absolute atomic E-state index is 0.0191. The Hall–Kier alpha value is -1.92. The number of carbonyl (C=O) groups excluding carboxylic acids is 1. The third-order valence-corrected chi connectivity index (χ3v) is 6.26. The van der Waals surface area contributed by atoms with Crippen molar-refractivity contribution in [2.75, 3.05) is 18.4 Å². The van der Waals surface area contributed by atoms with E-state index in [0.717, 1.165) is 0 Å². The minimum atomic E-state index is -3.71. The van der Waals surface area contributed by atoms with Crippen LogP contribution in [0.4, 0.5) is 13.9 Å². The van der Waals surface area contributed by atoms with Gasteiger partial charge < -0.3 is 4.57 Å². The highest BCUT2D eigenvalue weighted by molar-refractivity contribution is 7.89. The maximum Gasteiger partial charge on any atom is 0.291 e. The highest BCUT2D eigenvalue weighted by atomic mass is 32.2. The second kappa shape index (κ2) is 7.54. The highest BCUT2D eigenvalue weighted by Crippen LogP contribution is 2.26. The zero-order valence-corrected chi connectivity index (χ0v) is 15.4. The van der Waals surface area contributed by atoms with Crippen LogP contribution in [0.15, 0.2) is 17.2 Å². The SMILES string of the molecule is CCN(CC)S(=O)(=O)c1cc(C(=O)Nc2nnc(C(F)F)s2)n(C)c1. The van der Waals surface area contributed by atoms with E-state index in [0.29, 0.717) is 24.4 Å². The number of amides is 1. The quantitative estimate of drug-likeness (QED) is 0.777. The number of halogens is 2. The lowest BCUT2D eigenvalue weighted by atomic mass is 10.4. The topological polar surface area (TPSA) is 97.2 Å². The number of nitrogens with one attached hydrogen (secondary N) is 1. The number of aryl methyl sites for hydroxylation is 1. The van der Waals surface area contributed by atoms with Crippen LogP contribution in [0.25, 0.3) is 0 Å². The van der Waals surface area contributed by atoms with Crippen LogP contribution in [-0.2, 0) is 17.1 Å². The number of alkyl halides is 2. The number of nitrogens with zero attached hydrogens (tertiary/aromatic N) is 4. The first kappa shape index (κ1) is 19.4. The fourth-order valence-electron chi connectivity index (χ4n) is 2.15. The molecule has 0 aromatic carbocycles. The van der Waals surface area contributed by atoms with E-state index in [2.05, 4.69) is 15.5 Å². The summed E-state index contributed by atoms with van der Waals surface area (Å²) in [7, 11) is -2.19. The van der Waals surface area contributed by atoms with Crippen molar-refractivity contribution in [3.63, 3.8) is 0 Å². The molecule has 0 saturated carbocycles. The zero-order chi connectivity index (χ0) is 18.8. The molecule has 1 N–H and O–H groups in total. The highest BCUT2D eigenvalue weighted by Gasteiger charge is 2.26. The van der Waals surface area contributed by atoms with Crippen LogP contribution in [0.1, 0.15) is 35.8 Å². The van der Waals surface area contributed by atoms with Crippen LogP contribution >= 0.6 is 11.3 Å². The second-order valence-corrected chi connectivity index (χ2v) is 7.91. The molecule has 0 radical (unpaired) electrons. The number of hydrogen-bond donors (Lipinski definition) is 1. The number of carbonyl (C=O) groups is 1. The average molecular weight is 393 g/mol. The maximum atomic E-state index is 12.5. The summed E-state index contributed by atoms with van der Waals surface area (Å²) in [4.78, 5) is 12.3. The van der Waals surface area contributed by atoms with Crippen molar-refractivity contribution in [2.45, 2.75) is 25.2 Å². The van der Waals surface area contributed by atoms with Gasteiger partial charge in [0.1, 0.15) is 10.6 Å². The third-order valence-electron chi connectivity index (χ3n) is 3.40. The van der Waals surface area contributed by atoms with Crippen molar-refractivity contribution >= 4 is 32.4 Å². The van der Waals surface area contributed by atoms with E-state index in [4.69, 9.17) is 0 Å². The summed E-state index contributed by atoms with van der Waals surface area (Å²) in [6, 6.07) is 1.23. The molecular formula is C13H17F2N5O3S2. The van der Waals surface area contributed by atoms with Gasteiger partial charge >= 0.3 is 0 Å². The Balaban J connectivity index is 2.25. The average Bonchev–Trinajstić information content (AvgIpc) is 3.15. The van der Waals surface area contributed by atoms with Crippen molar-refractivity contribution < 1.29 is 22.0 Å². The normalized spacial score (nSPS) is 12.1. The molecule has 0 saturated heterocycles. The van der Waals surface area contributed by atoms with Gasteiger partial charge in [0.2, 0.25) is 15.2 Å². The molecule has 2 aromatic rings. The van der Waals surface area contributed by atoms with E-state index in [1.807, 2.05) is 0 Å². The molecule has 0 aliphatic heterocycles. The molecule has 2 rings (SSSR count). The monoisotopic (exact) mass is 393 g/mol. The maximum absolute atomic E-state index is 12.5. The molecule has 0 bridgehead atoms. The number of sulfonamides is 1. The van der Waals surface area contributed by atoms with Gasteiger partial charge in [-0.05, 0) is 6.07 Å². The predicted molar refractivity (Wildman–Crippen MR) is 88.3 cm³/mol. The molecular weight excluding hydrogens is 376 g/mol. The van der Waals surface area contributed by atoms with Gasteiger partial charge in [0.05, 0.1) is 0 Å². The van der Waals surface area contributed by atoms with Crippen molar-refractivity contribution in [3.05, 3.63) is 23.0 Å². The van der Waals surface area contributed by atoms with Crippen molar-refractivity contribution in [3.8, 4) is 0 Å². The van der Waals surface area contributed by atoms with Gasteiger partial charge in [-0.15, -0.1) is 10.2 Å². The lowest BCUT2D eigenvalue weighted by Crippen LogP contribution is -2.30. The summed E-state index contributed by atoms with van der Waals surface area (Å²) >= 11 is 0.554. The van der Waals surface area contributed by atoms with Gasteiger partial charge in [-0.3, -0.25) is 10.1 Å². The van der Waals surface area contributed by atoms with Gasteiger partial charge in [0, 0.05) is 26.3 Å². The summed E-state index contributed by atoms with van der Waals surface area (Å²) in [5, 5.41) is 8.48. The van der Waals surface area contributed by atoms with E-state index in [1.54, 1.807) is 13.8 Å². The standard InChI is InChI=1S/C13H17F2N5O3S2/c1-4-20(5-2)25(22,23)8-6-9(19(3)7-8)11(21)16-13-18-17-12(24-13)10(14)15/h6-7,10H,4-5H2,1-3H3,(H,16,18,21). The molecule has 2 aromatic heterocycles. The molecule has 0 atom stereocenters. The van der Waals surface area contributed by atoms with E-state index in [9.17, 15) is 22.0 Å². The number of aromatic nitrogens is 3. The molecule has 8 nitrogen and oxygen atoms in total. The Morgan fingerprint density at radius 3 is 2.52 bits per heavy atom. The molecule has 0 spiro atoms. The summed E-state index contributed by atoms with van der Waals surface area (Å²) in [6.07, 6.45) is -1.45. The van der Waals surface area contributed by atoms with Crippen molar-refractivity contribution in [1.82, 2.24) is 19.1 Å². The molecule has 25 heavy (non-hydrogen) atoms. The number of rotatable bonds is 7. The molecule has 1 amide bonds. The Morgan fingerprint density at radius 1 is 1.36 bits per heavy atom. The van der Waals surface area contributed by atoms with Crippen molar-refractivity contribution in [1.29, 1.82) is 0 Å². The van der Waals surface area contributed by atoms with Gasteiger partial charge in [-0.1, -0.05) is 25.2 Å². The molecule has 0 aliphatic rings. The van der Waals surface area contributed by atoms with Crippen LogP contribution < -0.4 is 5.32 Å². The second-order valence-electron chi connectivity index (χ2n) is 4.96. The fourth-order valence-corrected chi connectivity index (χ4v) is 4.27. The molecule has 0 fully saturated rings. The van der Waals surface area contributed by atoms with Gasteiger partial charge in [0.25, 0.3) is 12.3 Å². The summed E-state index contributed by atoms with van der Waals surface area (Å²) in [6.45, 7) is 4.04. The molecule has 0 aliphatic carbocycles. The molecule has 0 unspecified atom stereocenters. The van der Waals surface area contributed by atoms with Crippen LogP contribution in [0.3, 0.4) is 0 Å². The van der Waals surface area contributed by atoms with Crippen LogP contribution in [-0.4, -0.2) is 46.5 Å². The predicted octanol–water partition coefficient (Wildman–Crippen LogP) is 2.10. The first-order valence-corrected chi connectivity index (χ1v) is 9.55. The lowest BCUT2D eigenvalue weighted by Gasteiger charge is -2.17. The molecule has 2 heterocycles. The first-order chi connectivity index (χ1) is 11.7. The van der Waals surface area contributed by atoms with E-state index in [1.165, 1.54) is 28.2 Å². The van der Waals surface area contributed by atoms with Gasteiger partial charge in [0.15, 0.2) is 5.01 Å². The first-order valence-electron chi connectivity index (χ1n) is 7.30. The Kier molecular flexibility index (Phi) is 5.85. The minimum Gasteiger partial charge on any atom is -0.345 e. The largest absolute Gasteiger partial charge is 0.345 e. The molecule has 138 valence electrons. The number of hydrogen-bond acceptors (Lipinski definition) is 6. The van der Waals surface area contributed by atoms with Crippen LogP contribution in [0.5, 0.6) is 0 Å². The third kappa shape index (κ3) is 4.02. The Bertz CT molecular complexity index is 859. The van der Waals surface area contributed by atoms with Crippen LogP contribution in [0, 0.1) is 0 Å². The van der Waals surface area contributed by atoms with Crippen molar-refractivity contribution in [2.24, 2.45) is 7.05 Å². The van der Waals surface area contributed by atoms with Crippen LogP contribution in [0.2, 0.25) is 0 Å². The Labute approximate surface area is 147 Å². The van der Waals surface area contributed by atoms with E-state index >= 15 is 0 Å². The van der Waals surface area contributed by atoms with E-state index < -0.39 is 27.4 Å². The molecule has 12 heteroatoms. The zero-order valence-electron chi connectivity index (χ0n) is 13.7. The van der Waals surface area contributed by atoms with E-state index in [-0.39, 0.29) is 15.7 Å². The smallest absolute Gasteiger partial charge is 0.291 e.